The molecule has 0 unspecified atom stereocenters. The van der Waals surface area contributed by atoms with Crippen LogP contribution in [0.25, 0.3) is 0 Å². The number of hydrogen-bond acceptors (Lipinski definition) is 2. The lowest BCUT2D eigenvalue weighted by molar-refractivity contribution is 0.314. The van der Waals surface area contributed by atoms with Gasteiger partial charge in [0, 0.05) is 12.2 Å². The number of nitrogens with zero attached hydrogens (tertiary/aromatic N) is 3. The molecule has 1 aliphatic rings. The van der Waals surface area contributed by atoms with Crippen molar-refractivity contribution in [3.63, 3.8) is 0 Å². The second-order valence-electron chi connectivity index (χ2n) is 5.14. The van der Waals surface area contributed by atoms with Crippen molar-refractivity contribution in [3.8, 4) is 0 Å². The molecule has 3 heteroatoms. The molecule has 1 saturated heterocycles. The van der Waals surface area contributed by atoms with Crippen molar-refractivity contribution in [3.05, 3.63) is 17.5 Å². The average Bonchev–Trinajstić information content (AvgIpc) is 2.84. The van der Waals surface area contributed by atoms with Gasteiger partial charge in [0.05, 0.1) is 12.2 Å². The van der Waals surface area contributed by atoms with Crippen LogP contribution in [0.4, 0.5) is 0 Å². The Kier molecular flexibility index (Phi) is 3.64. The average molecular weight is 221 g/mol. The Morgan fingerprint density at radius 3 is 2.50 bits per heavy atom. The molecule has 0 spiro atoms. The Morgan fingerprint density at radius 1 is 1.25 bits per heavy atom. The fourth-order valence-electron chi connectivity index (χ4n) is 2.29. The summed E-state index contributed by atoms with van der Waals surface area (Å²) in [6.07, 6.45) is 2.74. The van der Waals surface area contributed by atoms with Gasteiger partial charge >= 0.3 is 0 Å². The molecular weight excluding hydrogens is 198 g/mol. The first-order valence-electron chi connectivity index (χ1n) is 6.43. The molecule has 0 saturated carbocycles. The molecule has 2 rings (SSSR count). The van der Waals surface area contributed by atoms with Crippen molar-refractivity contribution in [2.24, 2.45) is 0 Å². The molecule has 0 N–H and O–H groups in total. The molecule has 0 bridgehead atoms. The van der Waals surface area contributed by atoms with Crippen molar-refractivity contribution < 1.29 is 0 Å². The molecular formula is C13H23N3. The molecule has 0 amide bonds. The van der Waals surface area contributed by atoms with Crippen LogP contribution in [0.3, 0.4) is 0 Å². The van der Waals surface area contributed by atoms with Crippen LogP contribution in [0.5, 0.6) is 0 Å². The van der Waals surface area contributed by atoms with E-state index in [0.29, 0.717) is 5.92 Å². The molecule has 1 fully saturated rings. The van der Waals surface area contributed by atoms with Gasteiger partial charge < -0.3 is 4.90 Å². The normalized spacial score (nSPS) is 17.5. The Hall–Kier alpha value is -0.830. The van der Waals surface area contributed by atoms with Crippen LogP contribution in [0, 0.1) is 6.92 Å². The van der Waals surface area contributed by atoms with Crippen molar-refractivity contribution in [2.75, 3.05) is 19.6 Å². The first kappa shape index (κ1) is 11.6. The van der Waals surface area contributed by atoms with Gasteiger partial charge in [0.25, 0.3) is 0 Å². The fraction of sp³-hybridized carbons (Fsp3) is 0.769. The van der Waals surface area contributed by atoms with E-state index in [9.17, 15) is 0 Å². The van der Waals surface area contributed by atoms with Gasteiger partial charge in [-0.1, -0.05) is 13.8 Å². The summed E-state index contributed by atoms with van der Waals surface area (Å²) < 4.78 is 2.16. The summed E-state index contributed by atoms with van der Waals surface area (Å²) in [5, 5.41) is 4.66. The third kappa shape index (κ3) is 2.64. The smallest absolute Gasteiger partial charge is 0.0652 e. The van der Waals surface area contributed by atoms with Crippen LogP contribution in [-0.2, 0) is 6.54 Å². The van der Waals surface area contributed by atoms with Crippen LogP contribution in [-0.4, -0.2) is 34.3 Å². The van der Waals surface area contributed by atoms with Crippen LogP contribution in [0.2, 0.25) is 0 Å². The summed E-state index contributed by atoms with van der Waals surface area (Å²) in [6.45, 7) is 11.3. The molecule has 90 valence electrons. The minimum Gasteiger partial charge on any atom is -0.301 e. The SMILES string of the molecule is Cc1cc(C(C)C)nn1CCN1CCCC1. The Morgan fingerprint density at radius 2 is 1.94 bits per heavy atom. The number of likely N-dealkylation sites (tertiary alicyclic amines) is 1. The van der Waals surface area contributed by atoms with E-state index in [1.54, 1.807) is 0 Å². The van der Waals surface area contributed by atoms with Crippen molar-refractivity contribution in [1.82, 2.24) is 14.7 Å². The zero-order valence-corrected chi connectivity index (χ0v) is 10.7. The summed E-state index contributed by atoms with van der Waals surface area (Å²) in [6, 6.07) is 2.22. The Labute approximate surface area is 98.4 Å². The lowest BCUT2D eigenvalue weighted by Gasteiger charge is -2.14. The molecule has 0 atom stereocenters. The van der Waals surface area contributed by atoms with Crippen LogP contribution in [0.15, 0.2) is 6.07 Å². The van der Waals surface area contributed by atoms with E-state index < -0.39 is 0 Å². The predicted octanol–water partition coefficient (Wildman–Crippen LogP) is 2.41. The van der Waals surface area contributed by atoms with Crippen LogP contribution < -0.4 is 0 Å². The van der Waals surface area contributed by atoms with E-state index in [1.165, 1.54) is 37.3 Å². The first-order valence-corrected chi connectivity index (χ1v) is 6.43. The maximum absolute atomic E-state index is 4.66. The molecule has 0 aromatic carbocycles. The highest BCUT2D eigenvalue weighted by atomic mass is 15.3. The van der Waals surface area contributed by atoms with Crippen LogP contribution >= 0.6 is 0 Å². The second kappa shape index (κ2) is 5.00. The molecule has 16 heavy (non-hydrogen) atoms. The van der Waals surface area contributed by atoms with Gasteiger partial charge in [0.2, 0.25) is 0 Å². The second-order valence-corrected chi connectivity index (χ2v) is 5.14. The first-order chi connectivity index (χ1) is 7.66. The number of aryl methyl sites for hydroxylation is 1. The predicted molar refractivity (Wildman–Crippen MR) is 66.7 cm³/mol. The van der Waals surface area contributed by atoms with Gasteiger partial charge in [-0.3, -0.25) is 4.68 Å². The van der Waals surface area contributed by atoms with Gasteiger partial charge in [0.1, 0.15) is 0 Å². The monoisotopic (exact) mass is 221 g/mol. The molecule has 1 aromatic rings. The summed E-state index contributed by atoms with van der Waals surface area (Å²) in [5.74, 6) is 0.534. The minimum absolute atomic E-state index is 0.534. The summed E-state index contributed by atoms with van der Waals surface area (Å²) in [4.78, 5) is 2.54. The maximum Gasteiger partial charge on any atom is 0.0652 e. The molecule has 1 aromatic heterocycles. The van der Waals surface area contributed by atoms with Gasteiger partial charge in [-0.15, -0.1) is 0 Å². The quantitative estimate of drug-likeness (QED) is 0.778. The highest BCUT2D eigenvalue weighted by Gasteiger charge is 2.12. The summed E-state index contributed by atoms with van der Waals surface area (Å²) in [7, 11) is 0. The van der Waals surface area contributed by atoms with Gasteiger partial charge in [-0.05, 0) is 44.8 Å². The molecule has 2 heterocycles. The Balaban J connectivity index is 1.92. The van der Waals surface area contributed by atoms with Crippen molar-refractivity contribution in [2.45, 2.75) is 46.1 Å². The van der Waals surface area contributed by atoms with Gasteiger partial charge in [-0.2, -0.15) is 5.10 Å². The van der Waals surface area contributed by atoms with E-state index in [4.69, 9.17) is 0 Å². The van der Waals surface area contributed by atoms with Gasteiger partial charge in [0.15, 0.2) is 0 Å². The molecule has 1 aliphatic heterocycles. The third-order valence-corrected chi connectivity index (χ3v) is 3.42. The van der Waals surface area contributed by atoms with Gasteiger partial charge in [-0.25, -0.2) is 0 Å². The summed E-state index contributed by atoms with van der Waals surface area (Å²) in [5.41, 5.74) is 2.52. The highest BCUT2D eigenvalue weighted by Crippen LogP contribution is 2.14. The maximum atomic E-state index is 4.66. The van der Waals surface area contributed by atoms with E-state index in [-0.39, 0.29) is 0 Å². The summed E-state index contributed by atoms with van der Waals surface area (Å²) >= 11 is 0. The zero-order valence-electron chi connectivity index (χ0n) is 10.7. The molecule has 0 aliphatic carbocycles. The minimum atomic E-state index is 0.534. The van der Waals surface area contributed by atoms with E-state index in [1.807, 2.05) is 0 Å². The largest absolute Gasteiger partial charge is 0.301 e. The van der Waals surface area contributed by atoms with Crippen molar-refractivity contribution in [1.29, 1.82) is 0 Å². The topological polar surface area (TPSA) is 21.1 Å². The standard InChI is InChI=1S/C13H23N3/c1-11(2)13-10-12(3)16(14-13)9-8-15-6-4-5-7-15/h10-11H,4-9H2,1-3H3. The van der Waals surface area contributed by atoms with E-state index in [2.05, 4.69) is 41.5 Å². The highest BCUT2D eigenvalue weighted by molar-refractivity contribution is 5.11. The third-order valence-electron chi connectivity index (χ3n) is 3.42. The number of hydrogen-bond donors (Lipinski definition) is 0. The molecule has 3 nitrogen and oxygen atoms in total. The Bertz CT molecular complexity index is 335. The number of aromatic nitrogens is 2. The fourth-order valence-corrected chi connectivity index (χ4v) is 2.29. The zero-order chi connectivity index (χ0) is 11.5. The van der Waals surface area contributed by atoms with Crippen molar-refractivity contribution >= 4 is 0 Å². The lowest BCUT2D eigenvalue weighted by atomic mass is 10.1. The van der Waals surface area contributed by atoms with Crippen LogP contribution in [0.1, 0.15) is 44.0 Å². The van der Waals surface area contributed by atoms with E-state index >= 15 is 0 Å². The molecule has 0 radical (unpaired) electrons. The lowest BCUT2D eigenvalue weighted by Crippen LogP contribution is -2.24. The van der Waals surface area contributed by atoms with E-state index in [0.717, 1.165) is 13.1 Å². The number of rotatable bonds is 4.